The molecule has 84 valence electrons. The lowest BCUT2D eigenvalue weighted by atomic mass is 10.0. The third kappa shape index (κ3) is 1.45. The van der Waals surface area contributed by atoms with Gasteiger partial charge in [0, 0.05) is 23.1 Å². The number of aromatic amines is 1. The van der Waals surface area contributed by atoms with Gasteiger partial charge in [0.15, 0.2) is 0 Å². The molecule has 2 aromatic rings. The van der Waals surface area contributed by atoms with E-state index in [0.717, 1.165) is 10.5 Å². The lowest BCUT2D eigenvalue weighted by Crippen LogP contribution is -2.17. The minimum Gasteiger partial charge on any atom is -0.361 e. The molecule has 3 rings (SSSR count). The van der Waals surface area contributed by atoms with Crippen molar-refractivity contribution in [1.82, 2.24) is 9.88 Å². The first-order valence-corrected chi connectivity index (χ1v) is 6.11. The van der Waals surface area contributed by atoms with Gasteiger partial charge in [-0.1, -0.05) is 17.7 Å². The van der Waals surface area contributed by atoms with Crippen molar-refractivity contribution in [1.29, 1.82) is 0 Å². The molecule has 1 aromatic heterocycles. The van der Waals surface area contributed by atoms with E-state index in [0.29, 0.717) is 6.04 Å². The molecule has 1 aromatic carbocycles. The summed E-state index contributed by atoms with van der Waals surface area (Å²) in [5.74, 6) is 0. The van der Waals surface area contributed by atoms with E-state index in [1.807, 2.05) is 12.1 Å². The Labute approximate surface area is 100 Å². The van der Waals surface area contributed by atoms with Crippen LogP contribution in [0.25, 0.3) is 10.9 Å². The van der Waals surface area contributed by atoms with Gasteiger partial charge >= 0.3 is 0 Å². The number of hydrogen-bond acceptors (Lipinski definition) is 1. The Morgan fingerprint density at radius 3 is 3.06 bits per heavy atom. The first kappa shape index (κ1) is 10.2. The summed E-state index contributed by atoms with van der Waals surface area (Å²) in [6, 6.07) is 6.56. The molecule has 0 spiro atoms. The number of hydrogen-bond donors (Lipinski definition) is 1. The van der Waals surface area contributed by atoms with E-state index in [-0.39, 0.29) is 0 Å². The Morgan fingerprint density at radius 2 is 2.31 bits per heavy atom. The molecule has 0 unspecified atom stereocenters. The van der Waals surface area contributed by atoms with E-state index in [4.69, 9.17) is 11.6 Å². The second-order valence-corrected chi connectivity index (χ2v) is 4.95. The lowest BCUT2D eigenvalue weighted by molar-refractivity contribution is 0.319. The van der Waals surface area contributed by atoms with E-state index < -0.39 is 0 Å². The maximum absolute atomic E-state index is 6.29. The standard InChI is InChI=1S/C13H15ClN2/c1-16-7-3-6-12(16)9-8-15-11-5-2-4-10(14)13(9)11/h2,4-5,8,12,15H,3,6-7H2,1H3/t12-/m1/s1. The van der Waals surface area contributed by atoms with Crippen molar-refractivity contribution in [2.75, 3.05) is 13.6 Å². The number of benzene rings is 1. The van der Waals surface area contributed by atoms with Crippen LogP contribution in [-0.4, -0.2) is 23.5 Å². The minimum atomic E-state index is 0.522. The molecule has 0 aliphatic carbocycles. The zero-order chi connectivity index (χ0) is 11.1. The van der Waals surface area contributed by atoms with Crippen molar-refractivity contribution in [3.05, 3.63) is 35.0 Å². The Kier molecular flexibility index (Phi) is 2.41. The number of nitrogens with zero attached hydrogens (tertiary/aromatic N) is 1. The first-order chi connectivity index (χ1) is 7.77. The second-order valence-electron chi connectivity index (χ2n) is 4.55. The molecule has 2 nitrogen and oxygen atoms in total. The maximum atomic E-state index is 6.29. The zero-order valence-corrected chi connectivity index (χ0v) is 10.1. The van der Waals surface area contributed by atoms with Gasteiger partial charge in [0.2, 0.25) is 0 Å². The van der Waals surface area contributed by atoms with Crippen LogP contribution >= 0.6 is 11.6 Å². The Morgan fingerprint density at radius 1 is 1.44 bits per heavy atom. The molecule has 1 atom stereocenters. The summed E-state index contributed by atoms with van der Waals surface area (Å²) in [6.07, 6.45) is 4.62. The molecule has 1 saturated heterocycles. The monoisotopic (exact) mass is 234 g/mol. The third-order valence-corrected chi connectivity index (χ3v) is 3.88. The van der Waals surface area contributed by atoms with Crippen LogP contribution in [-0.2, 0) is 0 Å². The van der Waals surface area contributed by atoms with Gasteiger partial charge in [-0.3, -0.25) is 4.90 Å². The predicted molar refractivity (Wildman–Crippen MR) is 67.9 cm³/mol. The first-order valence-electron chi connectivity index (χ1n) is 5.73. The van der Waals surface area contributed by atoms with Gasteiger partial charge in [-0.05, 0) is 44.1 Å². The van der Waals surface area contributed by atoms with Crippen molar-refractivity contribution < 1.29 is 0 Å². The highest BCUT2D eigenvalue weighted by molar-refractivity contribution is 6.35. The van der Waals surface area contributed by atoms with Crippen LogP contribution in [0.3, 0.4) is 0 Å². The number of likely N-dealkylation sites (tertiary alicyclic amines) is 1. The highest BCUT2D eigenvalue weighted by Gasteiger charge is 2.25. The lowest BCUT2D eigenvalue weighted by Gasteiger charge is -2.19. The minimum absolute atomic E-state index is 0.522. The van der Waals surface area contributed by atoms with Gasteiger partial charge in [-0.15, -0.1) is 0 Å². The fourth-order valence-electron chi connectivity index (χ4n) is 2.73. The summed E-state index contributed by atoms with van der Waals surface area (Å²) in [6.45, 7) is 1.18. The van der Waals surface area contributed by atoms with Crippen molar-refractivity contribution in [2.45, 2.75) is 18.9 Å². The van der Waals surface area contributed by atoms with Crippen LogP contribution in [0.15, 0.2) is 24.4 Å². The molecule has 0 amide bonds. The third-order valence-electron chi connectivity index (χ3n) is 3.56. The van der Waals surface area contributed by atoms with Crippen LogP contribution in [0.5, 0.6) is 0 Å². The summed E-state index contributed by atoms with van der Waals surface area (Å²) in [4.78, 5) is 5.72. The number of H-pyrrole nitrogens is 1. The summed E-state index contributed by atoms with van der Waals surface area (Å²) in [5.41, 5.74) is 2.49. The summed E-state index contributed by atoms with van der Waals surface area (Å²) in [7, 11) is 2.19. The highest BCUT2D eigenvalue weighted by Crippen LogP contribution is 2.37. The smallest absolute Gasteiger partial charge is 0.0503 e. The van der Waals surface area contributed by atoms with Gasteiger partial charge in [-0.2, -0.15) is 0 Å². The summed E-state index contributed by atoms with van der Waals surface area (Å²) in [5, 5.41) is 2.05. The SMILES string of the molecule is CN1CCC[C@@H]1c1c[nH]c2cccc(Cl)c12. The van der Waals surface area contributed by atoms with E-state index in [1.54, 1.807) is 0 Å². The molecular weight excluding hydrogens is 220 g/mol. The fourth-order valence-corrected chi connectivity index (χ4v) is 3.02. The predicted octanol–water partition coefficient (Wildman–Crippen LogP) is 3.59. The molecule has 1 aliphatic heterocycles. The van der Waals surface area contributed by atoms with Gasteiger partial charge in [-0.25, -0.2) is 0 Å². The van der Waals surface area contributed by atoms with E-state index in [9.17, 15) is 0 Å². The highest BCUT2D eigenvalue weighted by atomic mass is 35.5. The molecular formula is C13H15ClN2. The molecule has 1 aliphatic rings. The van der Waals surface area contributed by atoms with Crippen molar-refractivity contribution in [2.24, 2.45) is 0 Å². The molecule has 1 N–H and O–H groups in total. The fraction of sp³-hybridized carbons (Fsp3) is 0.385. The van der Waals surface area contributed by atoms with Gasteiger partial charge in [0.05, 0.1) is 5.02 Å². The van der Waals surface area contributed by atoms with Crippen LogP contribution < -0.4 is 0 Å². The number of halogens is 1. The van der Waals surface area contributed by atoms with E-state index in [2.05, 4.69) is 29.2 Å². The molecule has 0 saturated carbocycles. The van der Waals surface area contributed by atoms with Crippen molar-refractivity contribution in [3.63, 3.8) is 0 Å². The molecule has 1 fully saturated rings. The van der Waals surface area contributed by atoms with Crippen LogP contribution in [0.4, 0.5) is 0 Å². The van der Waals surface area contributed by atoms with Crippen LogP contribution in [0.2, 0.25) is 5.02 Å². The average molecular weight is 235 g/mol. The second kappa shape index (κ2) is 3.79. The maximum Gasteiger partial charge on any atom is 0.0503 e. The molecule has 3 heteroatoms. The van der Waals surface area contributed by atoms with Crippen molar-refractivity contribution in [3.8, 4) is 0 Å². The Hall–Kier alpha value is -0.990. The Bertz CT molecular complexity index is 518. The van der Waals surface area contributed by atoms with Crippen molar-refractivity contribution >= 4 is 22.5 Å². The Balaban J connectivity index is 2.16. The molecule has 0 bridgehead atoms. The largest absolute Gasteiger partial charge is 0.361 e. The zero-order valence-electron chi connectivity index (χ0n) is 9.33. The van der Waals surface area contributed by atoms with E-state index in [1.165, 1.54) is 30.3 Å². The van der Waals surface area contributed by atoms with Gasteiger partial charge < -0.3 is 4.98 Å². The quantitative estimate of drug-likeness (QED) is 0.799. The number of fused-ring (bicyclic) bond motifs is 1. The summed E-state index contributed by atoms with van der Waals surface area (Å²) >= 11 is 6.29. The molecule has 2 heterocycles. The van der Waals surface area contributed by atoms with Crippen LogP contribution in [0.1, 0.15) is 24.4 Å². The molecule has 0 radical (unpaired) electrons. The topological polar surface area (TPSA) is 19.0 Å². The molecule has 16 heavy (non-hydrogen) atoms. The number of aromatic nitrogens is 1. The van der Waals surface area contributed by atoms with E-state index >= 15 is 0 Å². The van der Waals surface area contributed by atoms with Gasteiger partial charge in [0.25, 0.3) is 0 Å². The van der Waals surface area contributed by atoms with Crippen LogP contribution in [0, 0.1) is 0 Å². The number of nitrogens with one attached hydrogen (secondary N) is 1. The average Bonchev–Trinajstić information content (AvgIpc) is 2.84. The van der Waals surface area contributed by atoms with Gasteiger partial charge in [0.1, 0.15) is 0 Å². The normalized spacial score (nSPS) is 22.0. The number of rotatable bonds is 1. The summed E-state index contributed by atoms with van der Waals surface area (Å²) < 4.78 is 0.